The molecule has 3 heterocycles. The Labute approximate surface area is 182 Å². The van der Waals surface area contributed by atoms with Crippen molar-refractivity contribution in [2.75, 3.05) is 12.8 Å². The topological polar surface area (TPSA) is 68.1 Å². The van der Waals surface area contributed by atoms with Gasteiger partial charge in [-0.2, -0.15) is 11.3 Å². The molecule has 1 aromatic carbocycles. The number of rotatable bonds is 6. The largest absolute Gasteiger partial charge is 0.341 e. The highest BCUT2D eigenvalue weighted by atomic mass is 32.2. The highest BCUT2D eigenvalue weighted by molar-refractivity contribution is 7.99. The molecule has 8 heteroatoms. The van der Waals surface area contributed by atoms with Gasteiger partial charge in [-0.25, -0.2) is 14.5 Å². The molecule has 4 rings (SSSR count). The molecule has 3 aromatic heterocycles. The predicted molar refractivity (Wildman–Crippen MR) is 121 cm³/mol. The highest BCUT2D eigenvalue weighted by Gasteiger charge is 2.17. The van der Waals surface area contributed by atoms with Crippen LogP contribution in [0.25, 0.3) is 16.7 Å². The lowest BCUT2D eigenvalue weighted by atomic mass is 10.2. The Morgan fingerprint density at radius 2 is 2.03 bits per heavy atom. The van der Waals surface area contributed by atoms with Crippen molar-refractivity contribution in [1.82, 2.24) is 19.4 Å². The SMILES string of the molecule is Cc1ccc(-n2c(SCC(=O)N(C)Cc3ccsc3)nc3ccccc3c2=O)nc1. The molecule has 0 saturated heterocycles. The summed E-state index contributed by atoms with van der Waals surface area (Å²) in [4.78, 5) is 36.6. The molecular formula is C22H20N4O2S2. The highest BCUT2D eigenvalue weighted by Crippen LogP contribution is 2.21. The summed E-state index contributed by atoms with van der Waals surface area (Å²) in [6.45, 7) is 2.50. The van der Waals surface area contributed by atoms with Crippen LogP contribution in [-0.2, 0) is 11.3 Å². The van der Waals surface area contributed by atoms with Crippen LogP contribution in [0.3, 0.4) is 0 Å². The number of nitrogens with zero attached hydrogens (tertiary/aromatic N) is 4. The summed E-state index contributed by atoms with van der Waals surface area (Å²) in [6.07, 6.45) is 1.71. The van der Waals surface area contributed by atoms with Crippen LogP contribution in [0.15, 0.2) is 69.4 Å². The molecule has 6 nitrogen and oxygen atoms in total. The third-order valence-corrected chi connectivity index (χ3v) is 6.28. The van der Waals surface area contributed by atoms with Gasteiger partial charge in [0.2, 0.25) is 5.91 Å². The molecular weight excluding hydrogens is 416 g/mol. The number of pyridine rings is 1. The molecule has 0 aliphatic carbocycles. The second-order valence-corrected chi connectivity index (χ2v) is 8.64. The summed E-state index contributed by atoms with van der Waals surface area (Å²) in [6, 6.07) is 12.9. The minimum atomic E-state index is -0.196. The summed E-state index contributed by atoms with van der Waals surface area (Å²) >= 11 is 2.86. The second kappa shape index (κ2) is 8.81. The number of thiophene rings is 1. The van der Waals surface area contributed by atoms with E-state index in [2.05, 4.69) is 9.97 Å². The van der Waals surface area contributed by atoms with Crippen LogP contribution < -0.4 is 5.56 Å². The average molecular weight is 437 g/mol. The normalized spacial score (nSPS) is 11.0. The summed E-state index contributed by atoms with van der Waals surface area (Å²) in [5, 5.41) is 4.99. The third-order valence-electron chi connectivity index (χ3n) is 4.62. The lowest BCUT2D eigenvalue weighted by Gasteiger charge is -2.17. The Kier molecular flexibility index (Phi) is 5.96. The molecule has 30 heavy (non-hydrogen) atoms. The van der Waals surface area contributed by atoms with Crippen molar-refractivity contribution in [3.05, 3.63) is 80.9 Å². The van der Waals surface area contributed by atoms with Crippen LogP contribution in [0.4, 0.5) is 0 Å². The van der Waals surface area contributed by atoms with Gasteiger partial charge in [-0.15, -0.1) is 0 Å². The van der Waals surface area contributed by atoms with Gasteiger partial charge in [-0.1, -0.05) is 30.0 Å². The molecule has 0 aliphatic rings. The van der Waals surface area contributed by atoms with E-state index < -0.39 is 0 Å². The van der Waals surface area contributed by atoms with Gasteiger partial charge in [0, 0.05) is 19.8 Å². The fourth-order valence-corrected chi connectivity index (χ4v) is 4.59. The van der Waals surface area contributed by atoms with Crippen molar-refractivity contribution in [2.24, 2.45) is 0 Å². The van der Waals surface area contributed by atoms with Crippen LogP contribution in [0.2, 0.25) is 0 Å². The van der Waals surface area contributed by atoms with Gasteiger partial charge in [-0.05, 0) is 53.1 Å². The quantitative estimate of drug-likeness (QED) is 0.339. The Bertz CT molecular complexity index is 1230. The van der Waals surface area contributed by atoms with E-state index in [4.69, 9.17) is 0 Å². The summed E-state index contributed by atoms with van der Waals surface area (Å²) in [7, 11) is 1.78. The molecule has 0 N–H and O–H groups in total. The first-order chi connectivity index (χ1) is 14.5. The van der Waals surface area contributed by atoms with E-state index in [0.717, 1.165) is 11.1 Å². The van der Waals surface area contributed by atoms with Crippen molar-refractivity contribution in [3.63, 3.8) is 0 Å². The van der Waals surface area contributed by atoms with E-state index in [0.29, 0.717) is 28.4 Å². The number of hydrogen-bond donors (Lipinski definition) is 0. The van der Waals surface area contributed by atoms with Crippen molar-refractivity contribution in [3.8, 4) is 5.82 Å². The van der Waals surface area contributed by atoms with Crippen molar-refractivity contribution >= 4 is 39.9 Å². The monoisotopic (exact) mass is 436 g/mol. The van der Waals surface area contributed by atoms with E-state index >= 15 is 0 Å². The lowest BCUT2D eigenvalue weighted by Crippen LogP contribution is -2.28. The molecule has 0 spiro atoms. The summed E-state index contributed by atoms with van der Waals surface area (Å²) < 4.78 is 1.48. The van der Waals surface area contributed by atoms with Gasteiger partial charge < -0.3 is 4.90 Å². The average Bonchev–Trinajstić information content (AvgIpc) is 3.26. The Hall–Kier alpha value is -2.97. The van der Waals surface area contributed by atoms with E-state index in [1.807, 2.05) is 41.9 Å². The fourth-order valence-electron chi connectivity index (χ4n) is 2.98. The predicted octanol–water partition coefficient (Wildman–Crippen LogP) is 3.90. The number of aryl methyl sites for hydroxylation is 1. The molecule has 0 unspecified atom stereocenters. The van der Waals surface area contributed by atoms with Gasteiger partial charge in [0.05, 0.1) is 16.7 Å². The van der Waals surface area contributed by atoms with Crippen LogP contribution in [0.5, 0.6) is 0 Å². The standard InChI is InChI=1S/C22H20N4O2S2/c1-15-7-8-19(23-11-15)26-21(28)17-5-3-4-6-18(17)24-22(26)30-14-20(27)25(2)12-16-9-10-29-13-16/h3-11,13H,12,14H2,1-2H3. The van der Waals surface area contributed by atoms with Crippen LogP contribution >= 0.6 is 23.1 Å². The number of hydrogen-bond acceptors (Lipinski definition) is 6. The van der Waals surface area contributed by atoms with E-state index in [9.17, 15) is 9.59 Å². The molecule has 0 saturated carbocycles. The maximum absolute atomic E-state index is 13.2. The minimum absolute atomic E-state index is 0.0305. The van der Waals surface area contributed by atoms with E-state index in [1.165, 1.54) is 16.3 Å². The molecule has 0 atom stereocenters. The molecule has 152 valence electrons. The van der Waals surface area contributed by atoms with Crippen LogP contribution in [-0.4, -0.2) is 38.1 Å². The second-order valence-electron chi connectivity index (χ2n) is 6.92. The first-order valence-electron chi connectivity index (χ1n) is 9.35. The van der Waals surface area contributed by atoms with Crippen molar-refractivity contribution in [2.45, 2.75) is 18.6 Å². The number of carbonyl (C=O) groups is 1. The summed E-state index contributed by atoms with van der Waals surface area (Å²) in [5.74, 6) is 0.638. The minimum Gasteiger partial charge on any atom is -0.341 e. The molecule has 0 bridgehead atoms. The first-order valence-corrected chi connectivity index (χ1v) is 11.3. The number of benzene rings is 1. The number of fused-ring (bicyclic) bond motifs is 1. The zero-order chi connectivity index (χ0) is 21.1. The van der Waals surface area contributed by atoms with Gasteiger partial charge in [0.25, 0.3) is 5.56 Å². The molecule has 0 radical (unpaired) electrons. The zero-order valence-electron chi connectivity index (χ0n) is 16.6. The maximum atomic E-state index is 13.2. The Morgan fingerprint density at radius 1 is 1.20 bits per heavy atom. The molecule has 0 fully saturated rings. The molecule has 1 amide bonds. The number of amides is 1. The number of para-hydroxylation sites is 1. The van der Waals surface area contributed by atoms with Gasteiger partial charge in [0.15, 0.2) is 5.16 Å². The zero-order valence-corrected chi connectivity index (χ0v) is 18.2. The lowest BCUT2D eigenvalue weighted by molar-refractivity contribution is -0.127. The maximum Gasteiger partial charge on any atom is 0.267 e. The molecule has 0 aliphatic heterocycles. The molecule has 4 aromatic rings. The number of aromatic nitrogens is 3. The summed E-state index contributed by atoms with van der Waals surface area (Å²) in [5.41, 5.74) is 2.51. The fraction of sp³-hybridized carbons (Fsp3) is 0.182. The van der Waals surface area contributed by atoms with Crippen molar-refractivity contribution < 1.29 is 4.79 Å². The number of carbonyl (C=O) groups excluding carboxylic acids is 1. The third kappa shape index (κ3) is 4.29. The smallest absolute Gasteiger partial charge is 0.267 e. The van der Waals surface area contributed by atoms with Gasteiger partial charge >= 0.3 is 0 Å². The number of thioether (sulfide) groups is 1. The van der Waals surface area contributed by atoms with Crippen LogP contribution in [0.1, 0.15) is 11.1 Å². The van der Waals surface area contributed by atoms with Crippen LogP contribution in [0, 0.1) is 6.92 Å². The van der Waals surface area contributed by atoms with E-state index in [1.54, 1.807) is 47.7 Å². The Balaban J connectivity index is 1.65. The van der Waals surface area contributed by atoms with E-state index in [-0.39, 0.29) is 17.2 Å². The Morgan fingerprint density at radius 3 is 2.77 bits per heavy atom. The van der Waals surface area contributed by atoms with Crippen molar-refractivity contribution in [1.29, 1.82) is 0 Å². The van der Waals surface area contributed by atoms with Gasteiger partial charge in [0.1, 0.15) is 5.82 Å². The van der Waals surface area contributed by atoms with Gasteiger partial charge in [-0.3, -0.25) is 9.59 Å². The first kappa shape index (κ1) is 20.3.